The van der Waals surface area contributed by atoms with Crippen molar-refractivity contribution in [1.29, 1.82) is 0 Å². The SMILES string of the molecule is CSc1cccnc1-c1ccccc1.Cl. The molecule has 0 aliphatic rings. The van der Waals surface area contributed by atoms with E-state index in [0.29, 0.717) is 0 Å². The Labute approximate surface area is 100 Å². The molecule has 0 fully saturated rings. The molecule has 1 heterocycles. The van der Waals surface area contributed by atoms with Crippen molar-refractivity contribution in [3.8, 4) is 11.3 Å². The van der Waals surface area contributed by atoms with Crippen molar-refractivity contribution in [1.82, 2.24) is 4.98 Å². The van der Waals surface area contributed by atoms with Gasteiger partial charge in [-0.15, -0.1) is 24.2 Å². The molecule has 3 heteroatoms. The van der Waals surface area contributed by atoms with E-state index in [1.165, 1.54) is 10.5 Å². The van der Waals surface area contributed by atoms with Crippen molar-refractivity contribution in [2.24, 2.45) is 0 Å². The maximum atomic E-state index is 4.40. The molecular weight excluding hydrogens is 226 g/mol. The smallest absolute Gasteiger partial charge is 0.0837 e. The van der Waals surface area contributed by atoms with Crippen molar-refractivity contribution in [2.75, 3.05) is 6.26 Å². The Morgan fingerprint density at radius 2 is 1.73 bits per heavy atom. The molecule has 0 unspecified atom stereocenters. The summed E-state index contributed by atoms with van der Waals surface area (Å²) in [6.45, 7) is 0. The number of rotatable bonds is 2. The lowest BCUT2D eigenvalue weighted by molar-refractivity contribution is 1.24. The molecule has 0 aliphatic heterocycles. The number of pyridine rings is 1. The third kappa shape index (κ3) is 2.74. The van der Waals surface area contributed by atoms with Gasteiger partial charge in [-0.1, -0.05) is 30.3 Å². The second-order valence-corrected chi connectivity index (χ2v) is 3.77. The molecule has 15 heavy (non-hydrogen) atoms. The first kappa shape index (κ1) is 12.1. The van der Waals surface area contributed by atoms with Gasteiger partial charge in [0.25, 0.3) is 0 Å². The average Bonchev–Trinajstić information content (AvgIpc) is 2.30. The quantitative estimate of drug-likeness (QED) is 0.735. The van der Waals surface area contributed by atoms with Crippen molar-refractivity contribution < 1.29 is 0 Å². The summed E-state index contributed by atoms with van der Waals surface area (Å²) in [5.41, 5.74) is 2.25. The van der Waals surface area contributed by atoms with E-state index in [1.54, 1.807) is 11.8 Å². The van der Waals surface area contributed by atoms with Crippen LogP contribution in [-0.2, 0) is 0 Å². The predicted octanol–water partition coefficient (Wildman–Crippen LogP) is 3.89. The molecular formula is C12H12ClNS. The van der Waals surface area contributed by atoms with Gasteiger partial charge in [0.1, 0.15) is 0 Å². The minimum Gasteiger partial charge on any atom is -0.255 e. The third-order valence-corrected chi connectivity index (χ3v) is 2.81. The Kier molecular flexibility index (Phi) is 4.66. The van der Waals surface area contributed by atoms with Gasteiger partial charge in [0, 0.05) is 16.7 Å². The van der Waals surface area contributed by atoms with Crippen molar-refractivity contribution in [3.63, 3.8) is 0 Å². The highest BCUT2D eigenvalue weighted by Gasteiger charge is 2.03. The molecule has 0 bridgehead atoms. The first-order valence-electron chi connectivity index (χ1n) is 4.46. The van der Waals surface area contributed by atoms with Crippen LogP contribution in [0.15, 0.2) is 53.6 Å². The summed E-state index contributed by atoms with van der Waals surface area (Å²) in [6, 6.07) is 14.3. The van der Waals surface area contributed by atoms with Crippen LogP contribution in [0.2, 0.25) is 0 Å². The van der Waals surface area contributed by atoms with E-state index in [0.717, 1.165) is 5.69 Å². The molecule has 2 rings (SSSR count). The standard InChI is InChI=1S/C12H11NS.ClH/c1-14-11-8-5-9-13-12(11)10-6-3-2-4-7-10;/h2-9H,1H3;1H. The summed E-state index contributed by atoms with van der Waals surface area (Å²) >= 11 is 1.73. The summed E-state index contributed by atoms with van der Waals surface area (Å²) in [4.78, 5) is 5.62. The van der Waals surface area contributed by atoms with Crippen LogP contribution in [0.25, 0.3) is 11.3 Å². The topological polar surface area (TPSA) is 12.9 Å². The van der Waals surface area contributed by atoms with E-state index >= 15 is 0 Å². The van der Waals surface area contributed by atoms with Crippen molar-refractivity contribution >= 4 is 24.2 Å². The second-order valence-electron chi connectivity index (χ2n) is 2.92. The van der Waals surface area contributed by atoms with Crippen LogP contribution in [0.5, 0.6) is 0 Å². The summed E-state index contributed by atoms with van der Waals surface area (Å²) in [5, 5.41) is 0. The summed E-state index contributed by atoms with van der Waals surface area (Å²) in [7, 11) is 0. The zero-order valence-corrected chi connectivity index (χ0v) is 10.0. The number of halogens is 1. The fourth-order valence-electron chi connectivity index (χ4n) is 1.37. The van der Waals surface area contributed by atoms with E-state index in [4.69, 9.17) is 0 Å². The van der Waals surface area contributed by atoms with Crippen LogP contribution in [-0.4, -0.2) is 11.2 Å². The number of thioether (sulfide) groups is 1. The maximum Gasteiger partial charge on any atom is 0.0837 e. The van der Waals surface area contributed by atoms with E-state index < -0.39 is 0 Å². The highest BCUT2D eigenvalue weighted by Crippen LogP contribution is 2.27. The Hall–Kier alpha value is -0.990. The minimum atomic E-state index is 0. The lowest BCUT2D eigenvalue weighted by Crippen LogP contribution is -1.85. The summed E-state index contributed by atoms with van der Waals surface area (Å²) in [6.07, 6.45) is 3.91. The van der Waals surface area contributed by atoms with Crippen LogP contribution in [0.3, 0.4) is 0 Å². The summed E-state index contributed by atoms with van der Waals surface area (Å²) in [5.74, 6) is 0. The number of hydrogen-bond donors (Lipinski definition) is 0. The normalized spacial score (nSPS) is 9.40. The first-order valence-corrected chi connectivity index (χ1v) is 5.68. The molecule has 0 atom stereocenters. The maximum absolute atomic E-state index is 4.40. The van der Waals surface area contributed by atoms with E-state index in [-0.39, 0.29) is 12.4 Å². The number of hydrogen-bond acceptors (Lipinski definition) is 2. The molecule has 0 saturated carbocycles. The first-order chi connectivity index (χ1) is 6.92. The average molecular weight is 238 g/mol. The number of benzene rings is 1. The Bertz CT molecular complexity index is 417. The Balaban J connectivity index is 0.00000112. The Morgan fingerprint density at radius 3 is 2.40 bits per heavy atom. The van der Waals surface area contributed by atoms with E-state index in [2.05, 4.69) is 29.4 Å². The highest BCUT2D eigenvalue weighted by molar-refractivity contribution is 7.98. The van der Waals surface area contributed by atoms with Gasteiger partial charge in [-0.3, -0.25) is 4.98 Å². The van der Waals surface area contributed by atoms with Crippen LogP contribution in [0.1, 0.15) is 0 Å². The third-order valence-electron chi connectivity index (χ3n) is 2.04. The van der Waals surface area contributed by atoms with Crippen LogP contribution in [0, 0.1) is 0 Å². The number of nitrogens with zero attached hydrogens (tertiary/aromatic N) is 1. The van der Waals surface area contributed by atoms with Crippen LogP contribution in [0.4, 0.5) is 0 Å². The van der Waals surface area contributed by atoms with Gasteiger partial charge in [-0.25, -0.2) is 0 Å². The van der Waals surface area contributed by atoms with Gasteiger partial charge in [-0.2, -0.15) is 0 Å². The van der Waals surface area contributed by atoms with E-state index in [1.807, 2.05) is 30.5 Å². The molecule has 0 spiro atoms. The van der Waals surface area contributed by atoms with Crippen LogP contribution < -0.4 is 0 Å². The van der Waals surface area contributed by atoms with E-state index in [9.17, 15) is 0 Å². The van der Waals surface area contributed by atoms with Gasteiger partial charge in [0.05, 0.1) is 5.69 Å². The van der Waals surface area contributed by atoms with Gasteiger partial charge < -0.3 is 0 Å². The van der Waals surface area contributed by atoms with Crippen molar-refractivity contribution in [2.45, 2.75) is 4.90 Å². The molecule has 1 nitrogen and oxygen atoms in total. The van der Waals surface area contributed by atoms with Gasteiger partial charge in [0.2, 0.25) is 0 Å². The highest BCUT2D eigenvalue weighted by atomic mass is 35.5. The fourth-order valence-corrected chi connectivity index (χ4v) is 1.95. The molecule has 0 aliphatic carbocycles. The number of aromatic nitrogens is 1. The second kappa shape index (κ2) is 5.79. The van der Waals surface area contributed by atoms with Crippen LogP contribution >= 0.6 is 24.2 Å². The molecule has 0 radical (unpaired) electrons. The van der Waals surface area contributed by atoms with Gasteiger partial charge in [0.15, 0.2) is 0 Å². The minimum absolute atomic E-state index is 0. The Morgan fingerprint density at radius 1 is 1.00 bits per heavy atom. The summed E-state index contributed by atoms with van der Waals surface area (Å²) < 4.78 is 0. The zero-order valence-electron chi connectivity index (χ0n) is 8.38. The van der Waals surface area contributed by atoms with Crippen molar-refractivity contribution in [3.05, 3.63) is 48.7 Å². The molecule has 1 aromatic heterocycles. The fraction of sp³-hybridized carbons (Fsp3) is 0.0833. The monoisotopic (exact) mass is 237 g/mol. The molecule has 1 aromatic carbocycles. The molecule has 0 saturated heterocycles. The van der Waals surface area contributed by atoms with Gasteiger partial charge >= 0.3 is 0 Å². The zero-order chi connectivity index (χ0) is 9.80. The molecule has 78 valence electrons. The molecule has 0 N–H and O–H groups in total. The lowest BCUT2D eigenvalue weighted by Gasteiger charge is -2.04. The predicted molar refractivity (Wildman–Crippen MR) is 68.7 cm³/mol. The van der Waals surface area contributed by atoms with Gasteiger partial charge in [-0.05, 0) is 18.4 Å². The lowest BCUT2D eigenvalue weighted by atomic mass is 10.1. The molecule has 2 aromatic rings. The largest absolute Gasteiger partial charge is 0.255 e. The molecule has 0 amide bonds.